The van der Waals surface area contributed by atoms with Gasteiger partial charge >= 0.3 is 0 Å². The van der Waals surface area contributed by atoms with Crippen molar-refractivity contribution in [3.05, 3.63) is 42.2 Å². The molecule has 0 spiro atoms. The maximum absolute atomic E-state index is 13.4. The summed E-state index contributed by atoms with van der Waals surface area (Å²) in [6.45, 7) is 0. The van der Waals surface area contributed by atoms with Crippen LogP contribution in [0.15, 0.2) is 30.6 Å². The number of aromatic amines is 1. The number of nitrogens with one attached hydrogen (secondary N) is 1. The van der Waals surface area contributed by atoms with E-state index in [2.05, 4.69) is 20.2 Å². The van der Waals surface area contributed by atoms with Crippen molar-refractivity contribution in [2.75, 3.05) is 0 Å². The van der Waals surface area contributed by atoms with E-state index in [-0.39, 0.29) is 5.52 Å². The second-order valence-electron chi connectivity index (χ2n) is 3.47. The van der Waals surface area contributed by atoms with Crippen molar-refractivity contribution < 1.29 is 8.78 Å². The van der Waals surface area contributed by atoms with Gasteiger partial charge < -0.3 is 4.98 Å². The summed E-state index contributed by atoms with van der Waals surface area (Å²) in [4.78, 5) is 6.90. The lowest BCUT2D eigenvalue weighted by Crippen LogP contribution is -1.85. The van der Waals surface area contributed by atoms with Crippen LogP contribution in [0.4, 0.5) is 8.78 Å². The van der Waals surface area contributed by atoms with Gasteiger partial charge in [-0.05, 0) is 18.2 Å². The molecule has 0 atom stereocenters. The van der Waals surface area contributed by atoms with E-state index in [0.29, 0.717) is 16.9 Å². The summed E-state index contributed by atoms with van der Waals surface area (Å²) in [7, 11) is 0. The van der Waals surface area contributed by atoms with Crippen molar-refractivity contribution >= 4 is 11.0 Å². The van der Waals surface area contributed by atoms with Crippen LogP contribution in [0, 0.1) is 11.6 Å². The second-order valence-corrected chi connectivity index (χ2v) is 3.47. The first kappa shape index (κ1) is 9.83. The third-order valence-corrected chi connectivity index (χ3v) is 2.40. The van der Waals surface area contributed by atoms with E-state index in [1.165, 1.54) is 18.5 Å². The summed E-state index contributed by atoms with van der Waals surface area (Å²) in [6.07, 6.45) is 2.99. The predicted octanol–water partition coefficient (Wildman–Crippen LogP) is 2.30. The van der Waals surface area contributed by atoms with Crippen LogP contribution < -0.4 is 0 Å². The van der Waals surface area contributed by atoms with Crippen molar-refractivity contribution in [3.63, 3.8) is 0 Å². The molecule has 0 saturated heterocycles. The largest absolute Gasteiger partial charge is 0.338 e. The molecule has 0 amide bonds. The van der Waals surface area contributed by atoms with E-state index in [1.54, 1.807) is 6.07 Å². The zero-order valence-electron chi connectivity index (χ0n) is 8.48. The Morgan fingerprint density at radius 1 is 1.06 bits per heavy atom. The zero-order chi connectivity index (χ0) is 11.8. The number of imidazole rings is 1. The normalized spacial score (nSPS) is 10.9. The number of aromatic nitrogens is 4. The summed E-state index contributed by atoms with van der Waals surface area (Å²) in [5.74, 6) is -1.44. The van der Waals surface area contributed by atoms with E-state index >= 15 is 0 Å². The minimum atomic E-state index is -0.952. The summed E-state index contributed by atoms with van der Waals surface area (Å²) in [5, 5.41) is 7.32. The Kier molecular flexibility index (Phi) is 2.07. The molecule has 3 rings (SSSR count). The maximum atomic E-state index is 13.4. The fourth-order valence-electron chi connectivity index (χ4n) is 1.58. The Labute approximate surface area is 94.3 Å². The van der Waals surface area contributed by atoms with E-state index in [0.717, 1.165) is 6.07 Å². The number of hydrogen-bond acceptors (Lipinski definition) is 3. The van der Waals surface area contributed by atoms with Gasteiger partial charge in [0.1, 0.15) is 11.3 Å². The topological polar surface area (TPSA) is 54.5 Å². The highest BCUT2D eigenvalue weighted by atomic mass is 19.2. The highest BCUT2D eigenvalue weighted by Crippen LogP contribution is 2.22. The molecular formula is C11H6F2N4. The van der Waals surface area contributed by atoms with Crippen LogP contribution in [0.25, 0.3) is 22.4 Å². The van der Waals surface area contributed by atoms with Crippen LogP contribution in [-0.2, 0) is 0 Å². The molecule has 0 aliphatic rings. The number of H-pyrrole nitrogens is 1. The molecule has 0 bridgehead atoms. The van der Waals surface area contributed by atoms with E-state index < -0.39 is 11.6 Å². The fraction of sp³-hybridized carbons (Fsp3) is 0. The fourth-order valence-corrected chi connectivity index (χ4v) is 1.58. The van der Waals surface area contributed by atoms with Crippen LogP contribution >= 0.6 is 0 Å². The smallest absolute Gasteiger partial charge is 0.186 e. The molecule has 1 N–H and O–H groups in total. The number of halogens is 2. The van der Waals surface area contributed by atoms with Gasteiger partial charge in [0.25, 0.3) is 0 Å². The highest BCUT2D eigenvalue weighted by Gasteiger charge is 2.12. The predicted molar refractivity (Wildman–Crippen MR) is 57.0 cm³/mol. The van der Waals surface area contributed by atoms with Crippen LogP contribution in [0.2, 0.25) is 0 Å². The molecule has 2 aromatic heterocycles. The van der Waals surface area contributed by atoms with Gasteiger partial charge in [-0.1, -0.05) is 0 Å². The molecule has 0 fully saturated rings. The van der Waals surface area contributed by atoms with Gasteiger partial charge in [-0.15, -0.1) is 0 Å². The van der Waals surface area contributed by atoms with Crippen molar-refractivity contribution in [3.8, 4) is 11.4 Å². The first-order chi connectivity index (χ1) is 8.25. The Bertz CT molecular complexity index is 679. The molecule has 0 saturated carbocycles. The molecule has 2 heterocycles. The van der Waals surface area contributed by atoms with Gasteiger partial charge in [-0.25, -0.2) is 13.8 Å². The first-order valence-electron chi connectivity index (χ1n) is 4.86. The van der Waals surface area contributed by atoms with Crippen LogP contribution in [-0.4, -0.2) is 20.2 Å². The molecular weight excluding hydrogens is 226 g/mol. The third kappa shape index (κ3) is 1.54. The van der Waals surface area contributed by atoms with Crippen LogP contribution in [0.3, 0.4) is 0 Å². The van der Waals surface area contributed by atoms with E-state index in [4.69, 9.17) is 0 Å². The van der Waals surface area contributed by atoms with Gasteiger partial charge in [0.05, 0.1) is 17.9 Å². The Balaban J connectivity index is 2.24. The van der Waals surface area contributed by atoms with Crippen LogP contribution in [0.5, 0.6) is 0 Å². The highest BCUT2D eigenvalue weighted by molar-refractivity contribution is 5.79. The molecule has 3 aromatic rings. The second kappa shape index (κ2) is 3.58. The third-order valence-electron chi connectivity index (χ3n) is 2.40. The average Bonchev–Trinajstić information content (AvgIpc) is 2.80. The minimum Gasteiger partial charge on any atom is -0.338 e. The molecule has 0 aliphatic heterocycles. The maximum Gasteiger partial charge on any atom is 0.186 e. The lowest BCUT2D eigenvalue weighted by Gasteiger charge is -1.91. The van der Waals surface area contributed by atoms with Gasteiger partial charge in [0.2, 0.25) is 0 Å². The molecule has 6 heteroatoms. The van der Waals surface area contributed by atoms with Crippen LogP contribution in [0.1, 0.15) is 0 Å². The lowest BCUT2D eigenvalue weighted by atomic mass is 10.3. The summed E-state index contributed by atoms with van der Waals surface area (Å²) >= 11 is 0. The number of benzene rings is 1. The molecule has 1 aromatic carbocycles. The SMILES string of the molecule is Fc1ccc2[nH]c(-c3ccnnc3)nc2c1F. The Hall–Kier alpha value is -2.37. The van der Waals surface area contributed by atoms with Gasteiger partial charge in [0, 0.05) is 5.56 Å². The number of fused-ring (bicyclic) bond motifs is 1. The molecule has 84 valence electrons. The summed E-state index contributed by atoms with van der Waals surface area (Å²) in [6, 6.07) is 4.18. The lowest BCUT2D eigenvalue weighted by molar-refractivity contribution is 0.515. The molecule has 0 aliphatic carbocycles. The van der Waals surface area contributed by atoms with Gasteiger partial charge in [0.15, 0.2) is 11.6 Å². The standard InChI is InChI=1S/C11H6F2N4/c12-7-1-2-8-10(9(7)13)17-11(16-8)6-3-4-14-15-5-6/h1-5H,(H,16,17). The molecule has 17 heavy (non-hydrogen) atoms. The monoisotopic (exact) mass is 232 g/mol. The van der Waals surface area contributed by atoms with Gasteiger partial charge in [-0.2, -0.15) is 10.2 Å². The van der Waals surface area contributed by atoms with Crippen molar-refractivity contribution in [1.29, 1.82) is 0 Å². The Morgan fingerprint density at radius 3 is 2.71 bits per heavy atom. The van der Waals surface area contributed by atoms with Crippen molar-refractivity contribution in [1.82, 2.24) is 20.2 Å². The molecule has 0 unspecified atom stereocenters. The van der Waals surface area contributed by atoms with E-state index in [9.17, 15) is 8.78 Å². The number of rotatable bonds is 1. The summed E-state index contributed by atoms with van der Waals surface area (Å²) < 4.78 is 26.5. The first-order valence-corrected chi connectivity index (χ1v) is 4.86. The Morgan fingerprint density at radius 2 is 1.94 bits per heavy atom. The van der Waals surface area contributed by atoms with Gasteiger partial charge in [-0.3, -0.25) is 0 Å². The molecule has 4 nitrogen and oxygen atoms in total. The van der Waals surface area contributed by atoms with Crippen molar-refractivity contribution in [2.24, 2.45) is 0 Å². The quantitative estimate of drug-likeness (QED) is 0.700. The van der Waals surface area contributed by atoms with E-state index in [1.807, 2.05) is 0 Å². The minimum absolute atomic E-state index is 0.0168. The van der Waals surface area contributed by atoms with Crippen molar-refractivity contribution in [2.45, 2.75) is 0 Å². The average molecular weight is 232 g/mol. The summed E-state index contributed by atoms with van der Waals surface area (Å²) in [5.41, 5.74) is 1.09. The molecule has 0 radical (unpaired) electrons. The number of hydrogen-bond donors (Lipinski definition) is 1. The zero-order valence-corrected chi connectivity index (χ0v) is 8.48. The number of nitrogens with zero attached hydrogens (tertiary/aromatic N) is 3.